The van der Waals surface area contributed by atoms with Crippen molar-refractivity contribution >= 4 is 5.97 Å². The van der Waals surface area contributed by atoms with Crippen LogP contribution in [-0.4, -0.2) is 22.2 Å². The van der Waals surface area contributed by atoms with Crippen LogP contribution in [0.3, 0.4) is 0 Å². The lowest BCUT2D eigenvalue weighted by Gasteiger charge is -2.15. The van der Waals surface area contributed by atoms with E-state index in [9.17, 15) is 9.90 Å². The summed E-state index contributed by atoms with van der Waals surface area (Å²) in [4.78, 5) is 10.6. The number of carboxylic acids is 1. The van der Waals surface area contributed by atoms with Gasteiger partial charge in [-0.05, 0) is 17.5 Å². The zero-order chi connectivity index (χ0) is 11.4. The molecule has 82 valence electrons. The van der Waals surface area contributed by atoms with Gasteiger partial charge in [-0.2, -0.15) is 0 Å². The third-order valence-corrected chi connectivity index (χ3v) is 2.35. The van der Waals surface area contributed by atoms with Crippen molar-refractivity contribution in [2.24, 2.45) is 5.73 Å². The monoisotopic (exact) mass is 209 g/mol. The number of carboxylic acid groups (broad SMARTS) is 1. The SMILES string of the molecule is CCc1ccc(C(O)C(N)C(=O)O)cc1. The Kier molecular flexibility index (Phi) is 3.82. The first-order chi connectivity index (χ1) is 7.06. The Hall–Kier alpha value is -1.39. The van der Waals surface area contributed by atoms with E-state index < -0.39 is 18.1 Å². The molecule has 0 radical (unpaired) electrons. The molecular weight excluding hydrogens is 194 g/mol. The molecule has 1 aromatic carbocycles. The van der Waals surface area contributed by atoms with Crippen LogP contribution in [0.25, 0.3) is 0 Å². The second kappa shape index (κ2) is 4.91. The number of hydrogen-bond donors (Lipinski definition) is 3. The summed E-state index contributed by atoms with van der Waals surface area (Å²) in [6.07, 6.45) is -0.255. The summed E-state index contributed by atoms with van der Waals surface area (Å²) in [7, 11) is 0. The van der Waals surface area contributed by atoms with E-state index >= 15 is 0 Å². The van der Waals surface area contributed by atoms with Crippen molar-refractivity contribution in [3.63, 3.8) is 0 Å². The highest BCUT2D eigenvalue weighted by Crippen LogP contribution is 2.16. The summed E-state index contributed by atoms with van der Waals surface area (Å²) in [5.41, 5.74) is 6.98. The van der Waals surface area contributed by atoms with Crippen LogP contribution in [0.15, 0.2) is 24.3 Å². The lowest BCUT2D eigenvalue weighted by atomic mass is 10.0. The van der Waals surface area contributed by atoms with E-state index in [4.69, 9.17) is 10.8 Å². The zero-order valence-corrected chi connectivity index (χ0v) is 8.55. The third kappa shape index (κ3) is 2.78. The molecule has 1 rings (SSSR count). The van der Waals surface area contributed by atoms with Crippen LogP contribution < -0.4 is 5.73 Å². The fourth-order valence-electron chi connectivity index (χ4n) is 1.29. The van der Waals surface area contributed by atoms with Crippen LogP contribution in [0, 0.1) is 0 Å². The number of benzene rings is 1. The average molecular weight is 209 g/mol. The van der Waals surface area contributed by atoms with E-state index in [1.54, 1.807) is 12.1 Å². The number of aliphatic hydroxyl groups excluding tert-OH is 1. The fraction of sp³-hybridized carbons (Fsp3) is 0.364. The van der Waals surface area contributed by atoms with E-state index in [0.717, 1.165) is 12.0 Å². The molecule has 15 heavy (non-hydrogen) atoms. The van der Waals surface area contributed by atoms with E-state index in [-0.39, 0.29) is 0 Å². The molecule has 0 aliphatic rings. The Balaban J connectivity index is 2.82. The van der Waals surface area contributed by atoms with Crippen molar-refractivity contribution in [2.75, 3.05) is 0 Å². The number of aliphatic carboxylic acids is 1. The van der Waals surface area contributed by atoms with E-state index in [2.05, 4.69) is 0 Å². The normalized spacial score (nSPS) is 14.6. The smallest absolute Gasteiger partial charge is 0.323 e. The Morgan fingerprint density at radius 3 is 2.33 bits per heavy atom. The topological polar surface area (TPSA) is 83.5 Å². The second-order valence-corrected chi connectivity index (χ2v) is 3.40. The number of hydrogen-bond acceptors (Lipinski definition) is 3. The molecule has 0 heterocycles. The van der Waals surface area contributed by atoms with Crippen molar-refractivity contribution in [3.05, 3.63) is 35.4 Å². The van der Waals surface area contributed by atoms with Gasteiger partial charge in [-0.1, -0.05) is 31.2 Å². The van der Waals surface area contributed by atoms with Gasteiger partial charge in [0.2, 0.25) is 0 Å². The maximum Gasteiger partial charge on any atom is 0.323 e. The highest BCUT2D eigenvalue weighted by atomic mass is 16.4. The van der Waals surface area contributed by atoms with E-state index in [1.807, 2.05) is 19.1 Å². The fourth-order valence-corrected chi connectivity index (χ4v) is 1.29. The van der Waals surface area contributed by atoms with Gasteiger partial charge in [0.1, 0.15) is 12.1 Å². The summed E-state index contributed by atoms with van der Waals surface area (Å²) >= 11 is 0. The summed E-state index contributed by atoms with van der Waals surface area (Å²) in [5, 5.41) is 18.2. The number of rotatable bonds is 4. The van der Waals surface area contributed by atoms with Crippen molar-refractivity contribution in [1.29, 1.82) is 0 Å². The van der Waals surface area contributed by atoms with Crippen molar-refractivity contribution in [2.45, 2.75) is 25.5 Å². The molecule has 0 aliphatic heterocycles. The lowest BCUT2D eigenvalue weighted by molar-refractivity contribution is -0.141. The molecular formula is C11H15NO3. The number of aryl methyl sites for hydroxylation is 1. The minimum absolute atomic E-state index is 0.530. The van der Waals surface area contributed by atoms with Crippen molar-refractivity contribution in [1.82, 2.24) is 0 Å². The Bertz CT molecular complexity index is 334. The van der Waals surface area contributed by atoms with Gasteiger partial charge in [0.25, 0.3) is 0 Å². The van der Waals surface area contributed by atoms with Crippen LogP contribution >= 0.6 is 0 Å². The standard InChI is InChI=1S/C11H15NO3/c1-2-7-3-5-8(6-4-7)10(13)9(12)11(14)15/h3-6,9-10,13H,2,12H2,1H3,(H,14,15). The molecule has 4 N–H and O–H groups in total. The molecule has 0 aliphatic carbocycles. The van der Waals surface area contributed by atoms with Crippen LogP contribution in [0.4, 0.5) is 0 Å². The maximum atomic E-state index is 10.6. The lowest BCUT2D eigenvalue weighted by Crippen LogP contribution is -2.36. The minimum Gasteiger partial charge on any atom is -0.480 e. The molecule has 0 bridgehead atoms. The van der Waals surface area contributed by atoms with E-state index in [0.29, 0.717) is 5.56 Å². The van der Waals surface area contributed by atoms with Gasteiger partial charge < -0.3 is 15.9 Å². The first-order valence-electron chi connectivity index (χ1n) is 4.81. The Morgan fingerprint density at radius 1 is 1.40 bits per heavy atom. The molecule has 2 unspecified atom stereocenters. The molecule has 1 aromatic rings. The van der Waals surface area contributed by atoms with Crippen LogP contribution in [0.2, 0.25) is 0 Å². The maximum absolute atomic E-state index is 10.6. The molecule has 2 atom stereocenters. The Morgan fingerprint density at radius 2 is 1.93 bits per heavy atom. The average Bonchev–Trinajstić information content (AvgIpc) is 2.27. The van der Waals surface area contributed by atoms with Crippen LogP contribution in [-0.2, 0) is 11.2 Å². The number of carbonyl (C=O) groups is 1. The second-order valence-electron chi connectivity index (χ2n) is 3.40. The van der Waals surface area contributed by atoms with Crippen LogP contribution in [0.5, 0.6) is 0 Å². The quantitative estimate of drug-likeness (QED) is 0.681. The first kappa shape index (κ1) is 11.7. The molecule has 4 heteroatoms. The van der Waals surface area contributed by atoms with E-state index in [1.165, 1.54) is 0 Å². The minimum atomic E-state index is -1.28. The molecule has 0 saturated carbocycles. The molecule has 0 saturated heterocycles. The number of aliphatic hydroxyl groups is 1. The number of nitrogens with two attached hydrogens (primary N) is 1. The van der Waals surface area contributed by atoms with Crippen molar-refractivity contribution in [3.8, 4) is 0 Å². The highest BCUT2D eigenvalue weighted by Gasteiger charge is 2.23. The van der Waals surface area contributed by atoms with Gasteiger partial charge >= 0.3 is 5.97 Å². The summed E-state index contributed by atoms with van der Waals surface area (Å²) < 4.78 is 0. The Labute approximate surface area is 88.3 Å². The molecule has 4 nitrogen and oxygen atoms in total. The predicted molar refractivity (Wildman–Crippen MR) is 56.4 cm³/mol. The first-order valence-corrected chi connectivity index (χ1v) is 4.81. The van der Waals surface area contributed by atoms with Gasteiger partial charge in [0, 0.05) is 0 Å². The van der Waals surface area contributed by atoms with Gasteiger partial charge in [-0.15, -0.1) is 0 Å². The zero-order valence-electron chi connectivity index (χ0n) is 8.55. The molecule has 0 aromatic heterocycles. The predicted octanol–water partition coefficient (Wildman–Crippen LogP) is 0.694. The van der Waals surface area contributed by atoms with Gasteiger partial charge in [-0.3, -0.25) is 4.79 Å². The van der Waals surface area contributed by atoms with Gasteiger partial charge in [-0.25, -0.2) is 0 Å². The van der Waals surface area contributed by atoms with Gasteiger partial charge in [0.05, 0.1) is 0 Å². The van der Waals surface area contributed by atoms with Gasteiger partial charge in [0.15, 0.2) is 0 Å². The largest absolute Gasteiger partial charge is 0.480 e. The summed E-state index contributed by atoms with van der Waals surface area (Å²) in [5.74, 6) is -1.21. The van der Waals surface area contributed by atoms with Crippen molar-refractivity contribution < 1.29 is 15.0 Å². The van der Waals surface area contributed by atoms with Crippen LogP contribution in [0.1, 0.15) is 24.2 Å². The summed E-state index contributed by atoms with van der Waals surface area (Å²) in [6, 6.07) is 5.83. The highest BCUT2D eigenvalue weighted by molar-refractivity contribution is 5.74. The molecule has 0 fully saturated rings. The third-order valence-electron chi connectivity index (χ3n) is 2.35. The molecule has 0 spiro atoms. The molecule has 0 amide bonds. The summed E-state index contributed by atoms with van der Waals surface area (Å²) in [6.45, 7) is 2.02.